The Kier molecular flexibility index (Phi) is 3.48. The summed E-state index contributed by atoms with van der Waals surface area (Å²) < 4.78 is 101. The van der Waals surface area contributed by atoms with E-state index in [2.05, 4.69) is 17.4 Å². The van der Waals surface area contributed by atoms with Crippen molar-refractivity contribution in [2.75, 3.05) is 7.11 Å². The third-order valence-corrected chi connectivity index (χ3v) is 28.0. The first-order valence-electron chi connectivity index (χ1n) is 30.0. The zero-order chi connectivity index (χ0) is 52.9. The number of alkyl halides is 6. The molecule has 1 N–H and O–H groups in total. The topological polar surface area (TPSA) is 21.3 Å². The number of methoxy groups -OCH3 is 1. The van der Waals surface area contributed by atoms with E-state index in [-0.39, 0.29) is 5.56 Å². The van der Waals surface area contributed by atoms with Gasteiger partial charge >= 0.3 is 12.4 Å². The maximum atomic E-state index is 15.9. The molecule has 0 radical (unpaired) electrons. The van der Waals surface area contributed by atoms with E-state index in [1.165, 1.54) is 302 Å². The maximum absolute atomic E-state index is 15.9. The van der Waals surface area contributed by atoms with E-state index in [9.17, 15) is 0 Å². The second kappa shape index (κ2) is 8.36. The van der Waals surface area contributed by atoms with E-state index in [0.717, 1.165) is 28.8 Å². The average Bonchev–Trinajstić information content (AvgIpc) is 1.38. The zero-order valence-electron chi connectivity index (χ0n) is 42.9. The molecule has 374 valence electrons. The number of benzene rings is 20. The van der Waals surface area contributed by atoms with Crippen LogP contribution in [-0.2, 0) is 23.2 Å². The fourth-order valence-corrected chi connectivity index (χ4v) is 27.4. The van der Waals surface area contributed by atoms with E-state index < -0.39 is 46.4 Å². The Morgan fingerprint density at radius 3 is 0.647 bits per heavy atom. The van der Waals surface area contributed by atoms with Crippen LogP contribution in [0.3, 0.4) is 0 Å². The molecule has 2 atom stereocenters. The van der Waals surface area contributed by atoms with Gasteiger partial charge in [0, 0.05) is 12.1 Å². The molecule has 2 unspecified atom stereocenters. The van der Waals surface area contributed by atoms with E-state index in [0.29, 0.717) is 11.8 Å². The first-order chi connectivity index (χ1) is 41.6. The van der Waals surface area contributed by atoms with Crippen molar-refractivity contribution < 1.29 is 31.1 Å². The molecule has 30 aromatic carbocycles. The molecule has 30 aromatic rings. The second-order valence-corrected chi connectivity index (χ2v) is 29.0. The van der Waals surface area contributed by atoms with Crippen LogP contribution in [0.5, 0.6) is 5.75 Å². The van der Waals surface area contributed by atoms with Gasteiger partial charge in [0.05, 0.1) is 29.1 Å². The SMILES string of the molecule is COc1ccc(C2NC(c3cc(C(F)(F)F)cc(C(F)(F)F)c3)C34c5c6c7c8c9c%10c(c%11c%12c3c3c5c5c%13c6c6c7c7c9c9c%14c%10c%10c%11c%11c%12c%12c3c3c5c5c%13c%13c6c6c7c9c7c9c%14c%10c%10c%11c%11c%12c3c3c5c5c%13c6c7c6c9c%10c%11c3c56)C824)cc1. The van der Waals surface area contributed by atoms with Crippen LogP contribution in [0.15, 0.2) is 42.5 Å². The van der Waals surface area contributed by atoms with E-state index in [1.807, 2.05) is 12.1 Å². The minimum absolute atomic E-state index is 0.0371. The molecule has 2 spiro atoms. The summed E-state index contributed by atoms with van der Waals surface area (Å²) in [5, 5.41) is 78.8. The van der Waals surface area contributed by atoms with Crippen LogP contribution in [0.4, 0.5) is 26.3 Å². The molecule has 85 heavy (non-hydrogen) atoms. The van der Waals surface area contributed by atoms with Crippen LogP contribution < -0.4 is 10.1 Å². The van der Waals surface area contributed by atoms with Gasteiger partial charge in [-0.25, -0.2) is 0 Å². The average molecular weight is 1080 g/mol. The minimum Gasteiger partial charge on any atom is -0.497 e. The van der Waals surface area contributed by atoms with Gasteiger partial charge in [-0.15, -0.1) is 0 Å². The Labute approximate surface area is 460 Å². The van der Waals surface area contributed by atoms with E-state index in [4.69, 9.17) is 4.74 Å². The molecule has 1 saturated heterocycles. The van der Waals surface area contributed by atoms with Gasteiger partial charge in [0.25, 0.3) is 0 Å². The highest BCUT2D eigenvalue weighted by Gasteiger charge is 2.78. The first-order valence-corrected chi connectivity index (χ1v) is 30.0. The molecule has 0 saturated carbocycles. The first kappa shape index (κ1) is 35.4. The lowest BCUT2D eigenvalue weighted by Crippen LogP contribution is -2.52. The fraction of sp³-hybridized carbons (Fsp3) is 0.0909. The Hall–Kier alpha value is -9.76. The molecular formula is C77H13F6NO. The summed E-state index contributed by atoms with van der Waals surface area (Å²) in [5.41, 5.74) is 0.945. The molecule has 35 rings (SSSR count). The lowest BCUT2D eigenvalue weighted by Gasteiger charge is -2.53. The normalized spacial score (nSPS) is 22.8. The molecule has 0 bridgehead atoms. The minimum atomic E-state index is -5.06. The highest BCUT2D eigenvalue weighted by molar-refractivity contribution is 6.82. The molecule has 1 heterocycles. The molecule has 2 nitrogen and oxygen atoms in total. The summed E-state index contributed by atoms with van der Waals surface area (Å²) in [6.45, 7) is 0. The van der Waals surface area contributed by atoms with E-state index >= 15 is 26.3 Å². The van der Waals surface area contributed by atoms with Crippen molar-refractivity contribution in [3.05, 3.63) is 87.0 Å². The monoisotopic (exact) mass is 1080 g/mol. The van der Waals surface area contributed by atoms with Crippen LogP contribution in [-0.4, -0.2) is 7.11 Å². The standard InChI is InChI=1S/C77H13F6NO/c1-85-13-4-2-9(3-5-13)72-74-68-60-52-42-32-24-16-14-15-18-22-20(16)28-36-30(22)40-34-26(18)27-19(15)23-21-17(14)25(24)33-39-29(21)37-31(23)41-35(27)45-44(34)54-48(40)58-50(36)56(46(52)38(28)32)64(68)66(58)70-62(54)63-55(45)49(41)59-51(37)57-47(39)53(43(33)42)61(60)69(74)65(57)67(59)71(63)75(70,74)73(84-72)10-6-11(76(78,79)80)8-12(7-10)77(81,82)83/h2-8,72-73,84H,1H3. The van der Waals surface area contributed by atoms with E-state index in [1.54, 1.807) is 7.11 Å². The van der Waals surface area contributed by atoms with Crippen molar-refractivity contribution in [2.24, 2.45) is 0 Å². The Balaban J connectivity index is 1.02. The summed E-state index contributed by atoms with van der Waals surface area (Å²) in [6.07, 6.45) is -10.1. The van der Waals surface area contributed by atoms with Gasteiger partial charge in [0.2, 0.25) is 0 Å². The molecular weight excluding hydrogens is 1070 g/mol. The Morgan fingerprint density at radius 1 is 0.271 bits per heavy atom. The molecule has 8 heteroatoms. The molecule has 1 aliphatic heterocycles. The van der Waals surface area contributed by atoms with Gasteiger partial charge in [-0.1, -0.05) is 12.1 Å². The largest absolute Gasteiger partial charge is 0.497 e. The number of hydrogen-bond donors (Lipinski definition) is 1. The fourth-order valence-electron chi connectivity index (χ4n) is 27.4. The number of rotatable bonds is 3. The number of hydrogen-bond acceptors (Lipinski definition) is 2. The summed E-state index contributed by atoms with van der Waals surface area (Å²) in [7, 11) is 1.67. The van der Waals surface area contributed by atoms with Crippen LogP contribution >= 0.6 is 0 Å². The van der Waals surface area contributed by atoms with Crippen molar-refractivity contribution in [1.29, 1.82) is 0 Å². The van der Waals surface area contributed by atoms with Crippen molar-refractivity contribution in [3.63, 3.8) is 0 Å². The Bertz CT molecular complexity index is 7980. The van der Waals surface area contributed by atoms with Crippen molar-refractivity contribution in [3.8, 4) is 5.75 Å². The summed E-state index contributed by atoms with van der Waals surface area (Å²) >= 11 is 0. The molecule has 0 amide bonds. The Morgan fingerprint density at radius 2 is 0.459 bits per heavy atom. The van der Waals surface area contributed by atoms with Crippen molar-refractivity contribution in [1.82, 2.24) is 5.32 Å². The third kappa shape index (κ3) is 2.16. The van der Waals surface area contributed by atoms with Crippen LogP contribution in [0, 0.1) is 0 Å². The van der Waals surface area contributed by atoms with Gasteiger partial charge in [-0.2, -0.15) is 26.3 Å². The number of halogens is 6. The maximum Gasteiger partial charge on any atom is 0.416 e. The molecule has 0 aromatic heterocycles. The van der Waals surface area contributed by atoms with Crippen LogP contribution in [0.2, 0.25) is 0 Å². The summed E-state index contributed by atoms with van der Waals surface area (Å²) in [4.78, 5) is 0. The van der Waals surface area contributed by atoms with Crippen molar-refractivity contribution in [2.45, 2.75) is 35.3 Å². The zero-order valence-corrected chi connectivity index (χ0v) is 42.9. The highest BCUT2D eigenvalue weighted by atomic mass is 19.4. The van der Waals surface area contributed by atoms with Gasteiger partial charge < -0.3 is 10.1 Å². The quantitative estimate of drug-likeness (QED) is 0.141. The third-order valence-electron chi connectivity index (χ3n) is 28.0. The number of ether oxygens (including phenoxy) is 1. The van der Waals surface area contributed by atoms with Gasteiger partial charge in [0.15, 0.2) is 0 Å². The summed E-state index contributed by atoms with van der Waals surface area (Å²) in [6, 6.07) is 9.20. The second-order valence-electron chi connectivity index (χ2n) is 29.0. The molecule has 4 aliphatic carbocycles. The predicted molar refractivity (Wildman–Crippen MR) is 332 cm³/mol. The van der Waals surface area contributed by atoms with Crippen LogP contribution in [0.1, 0.15) is 56.6 Å². The molecule has 5 aliphatic rings. The van der Waals surface area contributed by atoms with Gasteiger partial charge in [-0.05, 0) is 355 Å². The van der Waals surface area contributed by atoms with Gasteiger partial charge in [0.1, 0.15) is 5.75 Å². The van der Waals surface area contributed by atoms with Crippen LogP contribution in [0.25, 0.3) is 291 Å². The van der Waals surface area contributed by atoms with Gasteiger partial charge in [-0.3, -0.25) is 0 Å². The number of nitrogens with one attached hydrogen (secondary N) is 1. The smallest absolute Gasteiger partial charge is 0.416 e. The highest BCUT2D eigenvalue weighted by Crippen LogP contribution is 2.88. The molecule has 1 fully saturated rings. The predicted octanol–water partition coefficient (Wildman–Crippen LogP) is 21.4. The van der Waals surface area contributed by atoms with Crippen molar-refractivity contribution >= 4 is 291 Å². The lowest BCUT2D eigenvalue weighted by molar-refractivity contribution is -0.143. The summed E-state index contributed by atoms with van der Waals surface area (Å²) in [5.74, 6) is 0.680. The lowest BCUT2D eigenvalue weighted by atomic mass is 9.45.